The SMILES string of the molecule is CN=C(NCCCn1nc(C)cc1C)NCc1nccn1Cc1ccccc1. The van der Waals surface area contributed by atoms with Crippen LogP contribution in [0.5, 0.6) is 0 Å². The number of nitrogens with one attached hydrogen (secondary N) is 2. The fraction of sp³-hybridized carbons (Fsp3) is 0.381. The average Bonchev–Trinajstić information content (AvgIpc) is 3.27. The normalized spacial score (nSPS) is 11.6. The van der Waals surface area contributed by atoms with Crippen molar-refractivity contribution in [3.8, 4) is 0 Å². The number of aliphatic imine (C=N–C) groups is 1. The average molecular weight is 380 g/mol. The molecule has 0 aliphatic rings. The standard InChI is InChI=1S/C21H29N7/c1-17-14-18(2)28(26-17)12-7-10-24-21(22-3)25-15-20-23-11-13-27(20)16-19-8-5-4-6-9-19/h4-6,8-9,11,13-14H,7,10,12,15-16H2,1-3H3,(H2,22,24,25). The van der Waals surface area contributed by atoms with Gasteiger partial charge >= 0.3 is 0 Å². The molecule has 148 valence electrons. The molecule has 0 spiro atoms. The molecular formula is C21H29N7. The summed E-state index contributed by atoms with van der Waals surface area (Å²) in [6.45, 7) is 7.27. The number of imidazole rings is 1. The minimum Gasteiger partial charge on any atom is -0.356 e. The van der Waals surface area contributed by atoms with E-state index >= 15 is 0 Å². The number of hydrogen-bond donors (Lipinski definition) is 2. The van der Waals surface area contributed by atoms with Crippen LogP contribution in [0.25, 0.3) is 0 Å². The molecular weight excluding hydrogens is 350 g/mol. The highest BCUT2D eigenvalue weighted by Crippen LogP contribution is 2.05. The molecule has 0 saturated heterocycles. The summed E-state index contributed by atoms with van der Waals surface area (Å²) in [6.07, 6.45) is 4.82. The molecule has 0 amide bonds. The Hall–Kier alpha value is -3.09. The Morgan fingerprint density at radius 3 is 2.68 bits per heavy atom. The predicted molar refractivity (Wildman–Crippen MR) is 112 cm³/mol. The van der Waals surface area contributed by atoms with Crippen molar-refractivity contribution in [2.75, 3.05) is 13.6 Å². The number of nitrogens with zero attached hydrogens (tertiary/aromatic N) is 5. The van der Waals surface area contributed by atoms with Gasteiger partial charge in [-0.3, -0.25) is 9.67 Å². The number of rotatable bonds is 8. The Bertz CT molecular complexity index is 893. The summed E-state index contributed by atoms with van der Waals surface area (Å²) in [5.41, 5.74) is 3.52. The Balaban J connectivity index is 1.44. The second-order valence-corrected chi connectivity index (χ2v) is 6.81. The van der Waals surface area contributed by atoms with Gasteiger partial charge in [-0.15, -0.1) is 0 Å². The molecule has 3 aromatic rings. The van der Waals surface area contributed by atoms with Crippen LogP contribution in [0, 0.1) is 13.8 Å². The van der Waals surface area contributed by atoms with E-state index in [1.165, 1.54) is 11.3 Å². The van der Waals surface area contributed by atoms with E-state index in [1.807, 2.05) is 30.1 Å². The minimum absolute atomic E-state index is 0.622. The van der Waals surface area contributed by atoms with Gasteiger partial charge in [0, 0.05) is 44.8 Å². The number of aromatic nitrogens is 4. The maximum atomic E-state index is 4.49. The van der Waals surface area contributed by atoms with Gasteiger partial charge < -0.3 is 15.2 Å². The van der Waals surface area contributed by atoms with Crippen LogP contribution in [0.15, 0.2) is 53.8 Å². The molecule has 7 heteroatoms. The van der Waals surface area contributed by atoms with Gasteiger partial charge in [-0.25, -0.2) is 4.98 Å². The molecule has 2 heterocycles. The molecule has 7 nitrogen and oxygen atoms in total. The fourth-order valence-electron chi connectivity index (χ4n) is 3.15. The van der Waals surface area contributed by atoms with E-state index in [-0.39, 0.29) is 0 Å². The van der Waals surface area contributed by atoms with E-state index in [0.29, 0.717) is 6.54 Å². The molecule has 0 saturated carbocycles. The quantitative estimate of drug-likeness (QED) is 0.358. The van der Waals surface area contributed by atoms with Gasteiger partial charge in [0.1, 0.15) is 5.82 Å². The van der Waals surface area contributed by atoms with Crippen LogP contribution >= 0.6 is 0 Å². The summed E-state index contributed by atoms with van der Waals surface area (Å²) in [5.74, 6) is 1.76. The van der Waals surface area contributed by atoms with Crippen molar-refractivity contribution in [2.45, 2.75) is 39.9 Å². The van der Waals surface area contributed by atoms with Crippen LogP contribution in [0.1, 0.15) is 29.2 Å². The van der Waals surface area contributed by atoms with Crippen LogP contribution < -0.4 is 10.6 Å². The zero-order chi connectivity index (χ0) is 19.8. The summed E-state index contributed by atoms with van der Waals surface area (Å²) in [4.78, 5) is 8.78. The Kier molecular flexibility index (Phi) is 6.84. The number of hydrogen-bond acceptors (Lipinski definition) is 3. The highest BCUT2D eigenvalue weighted by Gasteiger charge is 2.06. The first-order chi connectivity index (χ1) is 13.7. The number of benzene rings is 1. The summed E-state index contributed by atoms with van der Waals surface area (Å²) in [7, 11) is 1.78. The minimum atomic E-state index is 0.622. The highest BCUT2D eigenvalue weighted by molar-refractivity contribution is 5.79. The van der Waals surface area contributed by atoms with Crippen LogP contribution in [-0.2, 0) is 19.6 Å². The molecule has 2 aromatic heterocycles. The second kappa shape index (κ2) is 9.73. The molecule has 0 bridgehead atoms. The van der Waals surface area contributed by atoms with Crippen LogP contribution in [0.3, 0.4) is 0 Å². The van der Waals surface area contributed by atoms with Crippen molar-refractivity contribution in [1.29, 1.82) is 0 Å². The largest absolute Gasteiger partial charge is 0.356 e. The molecule has 0 radical (unpaired) electrons. The van der Waals surface area contributed by atoms with E-state index in [0.717, 1.165) is 43.5 Å². The summed E-state index contributed by atoms with van der Waals surface area (Å²) < 4.78 is 4.20. The van der Waals surface area contributed by atoms with E-state index in [2.05, 4.69) is 67.5 Å². The van der Waals surface area contributed by atoms with Gasteiger partial charge in [0.15, 0.2) is 5.96 Å². The van der Waals surface area contributed by atoms with Gasteiger partial charge in [0.2, 0.25) is 0 Å². The van der Waals surface area contributed by atoms with Crippen molar-refractivity contribution in [3.05, 3.63) is 71.6 Å². The Morgan fingerprint density at radius 1 is 1.14 bits per heavy atom. The molecule has 3 rings (SSSR count). The van der Waals surface area contributed by atoms with Crippen molar-refractivity contribution in [3.63, 3.8) is 0 Å². The second-order valence-electron chi connectivity index (χ2n) is 6.81. The van der Waals surface area contributed by atoms with Gasteiger partial charge in [-0.2, -0.15) is 5.10 Å². The zero-order valence-corrected chi connectivity index (χ0v) is 16.9. The Labute approximate surface area is 166 Å². The third kappa shape index (κ3) is 5.45. The molecule has 1 aromatic carbocycles. The van der Waals surface area contributed by atoms with Gasteiger partial charge in [-0.05, 0) is 31.9 Å². The van der Waals surface area contributed by atoms with Gasteiger partial charge in [0.25, 0.3) is 0 Å². The summed E-state index contributed by atoms with van der Waals surface area (Å²) in [5, 5.41) is 11.2. The summed E-state index contributed by atoms with van der Waals surface area (Å²) in [6, 6.07) is 12.5. The van der Waals surface area contributed by atoms with Crippen LogP contribution in [0.2, 0.25) is 0 Å². The number of guanidine groups is 1. The topological polar surface area (TPSA) is 72.1 Å². The first-order valence-electron chi connectivity index (χ1n) is 9.65. The first-order valence-corrected chi connectivity index (χ1v) is 9.65. The van der Waals surface area contributed by atoms with Gasteiger partial charge in [-0.1, -0.05) is 30.3 Å². The van der Waals surface area contributed by atoms with Crippen molar-refractivity contribution in [2.24, 2.45) is 4.99 Å². The monoisotopic (exact) mass is 379 g/mol. The first kappa shape index (κ1) is 19.7. The molecule has 0 aliphatic heterocycles. The van der Waals surface area contributed by atoms with Crippen molar-refractivity contribution in [1.82, 2.24) is 30.0 Å². The van der Waals surface area contributed by atoms with E-state index in [1.54, 1.807) is 7.05 Å². The predicted octanol–water partition coefficient (Wildman–Crippen LogP) is 2.50. The van der Waals surface area contributed by atoms with Crippen LogP contribution in [0.4, 0.5) is 0 Å². The van der Waals surface area contributed by atoms with E-state index in [9.17, 15) is 0 Å². The molecule has 0 atom stereocenters. The smallest absolute Gasteiger partial charge is 0.191 e. The number of aryl methyl sites for hydroxylation is 3. The van der Waals surface area contributed by atoms with Crippen molar-refractivity contribution >= 4 is 5.96 Å². The van der Waals surface area contributed by atoms with E-state index < -0.39 is 0 Å². The lowest BCUT2D eigenvalue weighted by molar-refractivity contribution is 0.554. The zero-order valence-electron chi connectivity index (χ0n) is 16.9. The lowest BCUT2D eigenvalue weighted by Crippen LogP contribution is -2.38. The van der Waals surface area contributed by atoms with Gasteiger partial charge in [0.05, 0.1) is 12.2 Å². The lowest BCUT2D eigenvalue weighted by Gasteiger charge is -2.13. The Morgan fingerprint density at radius 2 is 1.96 bits per heavy atom. The maximum Gasteiger partial charge on any atom is 0.191 e. The molecule has 0 aliphatic carbocycles. The molecule has 0 unspecified atom stereocenters. The lowest BCUT2D eigenvalue weighted by atomic mass is 10.2. The van der Waals surface area contributed by atoms with Crippen molar-refractivity contribution < 1.29 is 0 Å². The molecule has 0 fully saturated rings. The highest BCUT2D eigenvalue weighted by atomic mass is 15.3. The summed E-state index contributed by atoms with van der Waals surface area (Å²) >= 11 is 0. The maximum absolute atomic E-state index is 4.49. The van der Waals surface area contributed by atoms with E-state index in [4.69, 9.17) is 0 Å². The third-order valence-corrected chi connectivity index (χ3v) is 4.58. The fourth-order valence-corrected chi connectivity index (χ4v) is 3.15. The third-order valence-electron chi connectivity index (χ3n) is 4.58. The molecule has 28 heavy (non-hydrogen) atoms. The molecule has 2 N–H and O–H groups in total. The van der Waals surface area contributed by atoms with Crippen LogP contribution in [-0.4, -0.2) is 38.9 Å².